The summed E-state index contributed by atoms with van der Waals surface area (Å²) in [6, 6.07) is 2.58. The van der Waals surface area contributed by atoms with Gasteiger partial charge in [0.25, 0.3) is 0 Å². The van der Waals surface area contributed by atoms with E-state index in [9.17, 15) is 14.9 Å². The van der Waals surface area contributed by atoms with E-state index < -0.39 is 10.9 Å². The molecule has 0 saturated carbocycles. The fraction of sp³-hybridized carbons (Fsp3) is 0.333. The predicted molar refractivity (Wildman–Crippen MR) is 63.3 cm³/mol. The number of aromatic nitrogens is 1. The molecular formula is C9H9ClN2O4S. The van der Waals surface area contributed by atoms with Gasteiger partial charge in [0, 0.05) is 6.07 Å². The number of ether oxygens (including phenoxy) is 1. The maximum absolute atomic E-state index is 11.1. The largest absolute Gasteiger partial charge is 0.465 e. The minimum atomic E-state index is -0.573. The number of halogens is 1. The molecule has 1 rings (SSSR count). The summed E-state index contributed by atoms with van der Waals surface area (Å²) in [5, 5.41) is 10.9. The summed E-state index contributed by atoms with van der Waals surface area (Å²) in [5.74, 6) is -0.490. The monoisotopic (exact) mass is 276 g/mol. The molecule has 0 fully saturated rings. The van der Waals surface area contributed by atoms with Gasteiger partial charge in [-0.15, -0.1) is 0 Å². The minimum Gasteiger partial charge on any atom is -0.465 e. The second-order valence-electron chi connectivity index (χ2n) is 2.81. The van der Waals surface area contributed by atoms with E-state index in [1.165, 1.54) is 12.1 Å². The summed E-state index contributed by atoms with van der Waals surface area (Å²) in [6.07, 6.45) is 0. The highest BCUT2D eigenvalue weighted by Crippen LogP contribution is 2.28. The summed E-state index contributed by atoms with van der Waals surface area (Å²) in [5.41, 5.74) is -0.177. The Morgan fingerprint density at radius 2 is 2.35 bits per heavy atom. The molecular weight excluding hydrogens is 268 g/mol. The van der Waals surface area contributed by atoms with E-state index in [0.717, 1.165) is 11.8 Å². The van der Waals surface area contributed by atoms with Crippen molar-refractivity contribution in [3.05, 3.63) is 27.4 Å². The van der Waals surface area contributed by atoms with E-state index in [-0.39, 0.29) is 28.2 Å². The first-order valence-corrected chi connectivity index (χ1v) is 6.00. The number of thioether (sulfide) groups is 1. The average Bonchev–Trinajstić information content (AvgIpc) is 2.26. The normalized spacial score (nSPS) is 10.0. The number of carbonyl (C=O) groups is 1. The summed E-state index contributed by atoms with van der Waals surface area (Å²) in [6.45, 7) is 1.95. The second kappa shape index (κ2) is 6.41. The molecule has 0 radical (unpaired) electrons. The van der Waals surface area contributed by atoms with Crippen molar-refractivity contribution in [2.45, 2.75) is 11.9 Å². The van der Waals surface area contributed by atoms with Crippen molar-refractivity contribution in [3.8, 4) is 0 Å². The Labute approximate surface area is 106 Å². The van der Waals surface area contributed by atoms with E-state index in [4.69, 9.17) is 16.3 Å². The van der Waals surface area contributed by atoms with Gasteiger partial charge in [0.05, 0.1) is 17.3 Å². The molecule has 0 aliphatic heterocycles. The molecule has 0 bridgehead atoms. The first-order chi connectivity index (χ1) is 8.04. The van der Waals surface area contributed by atoms with Gasteiger partial charge in [0.1, 0.15) is 5.15 Å². The minimum absolute atomic E-state index is 0.0397. The molecule has 1 aromatic rings. The molecule has 0 spiro atoms. The maximum atomic E-state index is 11.1. The Morgan fingerprint density at radius 1 is 1.65 bits per heavy atom. The Hall–Kier alpha value is -1.34. The smallest absolute Gasteiger partial charge is 0.316 e. The van der Waals surface area contributed by atoms with Crippen LogP contribution in [0.5, 0.6) is 0 Å². The maximum Gasteiger partial charge on any atom is 0.316 e. The number of hydrogen-bond donors (Lipinski definition) is 0. The van der Waals surface area contributed by atoms with Gasteiger partial charge in [-0.05, 0) is 13.0 Å². The third-order valence-electron chi connectivity index (χ3n) is 1.63. The zero-order valence-corrected chi connectivity index (χ0v) is 10.5. The van der Waals surface area contributed by atoms with Gasteiger partial charge in [-0.2, -0.15) is 0 Å². The zero-order chi connectivity index (χ0) is 12.8. The molecule has 92 valence electrons. The van der Waals surface area contributed by atoms with Crippen LogP contribution in [0.2, 0.25) is 5.15 Å². The molecule has 8 heteroatoms. The number of pyridine rings is 1. The Kier molecular flexibility index (Phi) is 5.17. The summed E-state index contributed by atoms with van der Waals surface area (Å²) < 4.78 is 4.70. The Morgan fingerprint density at radius 3 is 2.94 bits per heavy atom. The highest BCUT2D eigenvalue weighted by Gasteiger charge is 2.17. The Bertz CT molecular complexity index is 441. The SMILES string of the molecule is CCOC(=O)CSc1nc(Cl)ccc1[N+](=O)[O-]. The molecule has 0 aliphatic carbocycles. The number of esters is 1. The number of rotatable bonds is 5. The molecule has 0 atom stereocenters. The van der Waals surface area contributed by atoms with Crippen LogP contribution in [0.25, 0.3) is 0 Å². The van der Waals surface area contributed by atoms with Crippen molar-refractivity contribution in [3.63, 3.8) is 0 Å². The van der Waals surface area contributed by atoms with Crippen LogP contribution in [-0.4, -0.2) is 28.2 Å². The fourth-order valence-electron chi connectivity index (χ4n) is 0.986. The molecule has 0 amide bonds. The van der Waals surface area contributed by atoms with Crippen LogP contribution < -0.4 is 0 Å². The van der Waals surface area contributed by atoms with Crippen LogP contribution in [0.1, 0.15) is 6.92 Å². The van der Waals surface area contributed by atoms with Gasteiger partial charge >= 0.3 is 11.7 Å². The predicted octanol–water partition coefficient (Wildman–Crippen LogP) is 2.30. The molecule has 17 heavy (non-hydrogen) atoms. The van der Waals surface area contributed by atoms with Crippen molar-refractivity contribution < 1.29 is 14.5 Å². The zero-order valence-electron chi connectivity index (χ0n) is 8.88. The fourth-order valence-corrected chi connectivity index (χ4v) is 1.97. The van der Waals surface area contributed by atoms with E-state index in [1.54, 1.807) is 6.92 Å². The van der Waals surface area contributed by atoms with Crippen LogP contribution in [0.15, 0.2) is 17.2 Å². The highest BCUT2D eigenvalue weighted by atomic mass is 35.5. The lowest BCUT2D eigenvalue weighted by atomic mass is 10.4. The first kappa shape index (κ1) is 13.7. The number of nitrogens with zero attached hydrogens (tertiary/aromatic N) is 2. The molecule has 0 unspecified atom stereocenters. The molecule has 0 aliphatic rings. The van der Waals surface area contributed by atoms with E-state index >= 15 is 0 Å². The van der Waals surface area contributed by atoms with E-state index in [1.807, 2.05) is 0 Å². The van der Waals surface area contributed by atoms with Gasteiger partial charge < -0.3 is 4.74 Å². The summed E-state index contributed by atoms with van der Waals surface area (Å²) in [7, 11) is 0. The topological polar surface area (TPSA) is 82.3 Å². The number of nitro groups is 1. The van der Waals surface area contributed by atoms with Crippen molar-refractivity contribution in [2.24, 2.45) is 0 Å². The lowest BCUT2D eigenvalue weighted by Crippen LogP contribution is -2.07. The molecule has 0 aromatic carbocycles. The highest BCUT2D eigenvalue weighted by molar-refractivity contribution is 8.00. The van der Waals surface area contributed by atoms with Crippen molar-refractivity contribution in [2.75, 3.05) is 12.4 Å². The third-order valence-corrected chi connectivity index (χ3v) is 2.80. The lowest BCUT2D eigenvalue weighted by Gasteiger charge is -2.02. The van der Waals surface area contributed by atoms with Crippen LogP contribution in [-0.2, 0) is 9.53 Å². The van der Waals surface area contributed by atoms with Crippen molar-refractivity contribution >= 4 is 35.0 Å². The summed E-state index contributed by atoms with van der Waals surface area (Å²) >= 11 is 6.56. The molecule has 6 nitrogen and oxygen atoms in total. The van der Waals surface area contributed by atoms with E-state index in [0.29, 0.717) is 0 Å². The molecule has 0 N–H and O–H groups in total. The summed E-state index contributed by atoms with van der Waals surface area (Å²) in [4.78, 5) is 25.0. The molecule has 1 aromatic heterocycles. The van der Waals surface area contributed by atoms with Crippen LogP contribution >= 0.6 is 23.4 Å². The van der Waals surface area contributed by atoms with Crippen molar-refractivity contribution in [1.82, 2.24) is 4.98 Å². The number of hydrogen-bond acceptors (Lipinski definition) is 6. The third kappa shape index (κ3) is 4.20. The molecule has 1 heterocycles. The van der Waals surface area contributed by atoms with E-state index in [2.05, 4.69) is 4.98 Å². The molecule has 0 saturated heterocycles. The van der Waals surface area contributed by atoms with Crippen LogP contribution in [0, 0.1) is 10.1 Å². The first-order valence-electron chi connectivity index (χ1n) is 4.64. The standard InChI is InChI=1S/C9H9ClN2O4S/c1-2-16-8(13)5-17-9-6(12(14)15)3-4-7(10)11-9/h3-4H,2,5H2,1H3. The Balaban J connectivity index is 2.78. The van der Waals surface area contributed by atoms with Gasteiger partial charge in [-0.25, -0.2) is 4.98 Å². The average molecular weight is 277 g/mol. The van der Waals surface area contributed by atoms with Crippen molar-refractivity contribution in [1.29, 1.82) is 0 Å². The van der Waals surface area contributed by atoms with Gasteiger partial charge in [0.2, 0.25) is 0 Å². The van der Waals surface area contributed by atoms with Crippen LogP contribution in [0.4, 0.5) is 5.69 Å². The second-order valence-corrected chi connectivity index (χ2v) is 4.16. The van der Waals surface area contributed by atoms with Gasteiger partial charge in [-0.1, -0.05) is 23.4 Å². The van der Waals surface area contributed by atoms with Crippen LogP contribution in [0.3, 0.4) is 0 Å². The van der Waals surface area contributed by atoms with Gasteiger partial charge in [0.15, 0.2) is 5.03 Å². The number of carbonyl (C=O) groups excluding carboxylic acids is 1. The quantitative estimate of drug-likeness (QED) is 0.270. The van der Waals surface area contributed by atoms with Gasteiger partial charge in [-0.3, -0.25) is 14.9 Å². The lowest BCUT2D eigenvalue weighted by molar-refractivity contribution is -0.388.